The number of nitrogens with zero attached hydrogens (tertiary/aromatic N) is 2. The molecule has 0 aliphatic rings. The standard InChI is InChI=1S/C16H27N3O/c1-5-13(6-2)11-19(7-3)15-12(4)9-8-10-14(15)16(17)18-20/h8-10,13,20H,5-7,11H2,1-4H3,(H2,17,18). The van der Waals surface area contributed by atoms with Crippen molar-refractivity contribution in [1.82, 2.24) is 0 Å². The van der Waals surface area contributed by atoms with Crippen LogP contribution in [0.15, 0.2) is 23.4 Å². The van der Waals surface area contributed by atoms with Crippen LogP contribution in [0.1, 0.15) is 44.7 Å². The van der Waals surface area contributed by atoms with Crippen LogP contribution in [0.4, 0.5) is 5.69 Å². The zero-order chi connectivity index (χ0) is 15.1. The van der Waals surface area contributed by atoms with Gasteiger partial charge in [0.1, 0.15) is 0 Å². The highest BCUT2D eigenvalue weighted by molar-refractivity contribution is 6.02. The van der Waals surface area contributed by atoms with Gasteiger partial charge >= 0.3 is 0 Å². The van der Waals surface area contributed by atoms with Crippen molar-refractivity contribution in [2.24, 2.45) is 16.8 Å². The van der Waals surface area contributed by atoms with E-state index in [0.29, 0.717) is 5.92 Å². The molecule has 1 aromatic carbocycles. The van der Waals surface area contributed by atoms with Gasteiger partial charge in [-0.3, -0.25) is 0 Å². The summed E-state index contributed by atoms with van der Waals surface area (Å²) in [7, 11) is 0. The van der Waals surface area contributed by atoms with Crippen LogP contribution < -0.4 is 10.6 Å². The summed E-state index contributed by atoms with van der Waals surface area (Å²) < 4.78 is 0. The van der Waals surface area contributed by atoms with Gasteiger partial charge in [0.25, 0.3) is 0 Å². The molecular weight excluding hydrogens is 250 g/mol. The number of oxime groups is 1. The number of hydrogen-bond donors (Lipinski definition) is 2. The first-order valence-corrected chi connectivity index (χ1v) is 7.41. The van der Waals surface area contributed by atoms with E-state index in [4.69, 9.17) is 10.9 Å². The molecule has 1 aromatic rings. The largest absolute Gasteiger partial charge is 0.409 e. The van der Waals surface area contributed by atoms with Crippen molar-refractivity contribution in [3.8, 4) is 0 Å². The molecule has 0 amide bonds. The summed E-state index contributed by atoms with van der Waals surface area (Å²) in [5.41, 5.74) is 8.87. The molecule has 0 bridgehead atoms. The van der Waals surface area contributed by atoms with Crippen molar-refractivity contribution >= 4 is 11.5 Å². The third-order valence-corrected chi connectivity index (χ3v) is 3.95. The topological polar surface area (TPSA) is 61.8 Å². The van der Waals surface area contributed by atoms with E-state index in [0.717, 1.165) is 42.7 Å². The van der Waals surface area contributed by atoms with E-state index < -0.39 is 0 Å². The maximum absolute atomic E-state index is 8.98. The molecule has 4 nitrogen and oxygen atoms in total. The van der Waals surface area contributed by atoms with Crippen molar-refractivity contribution in [2.45, 2.75) is 40.5 Å². The van der Waals surface area contributed by atoms with Gasteiger partial charge in [0.05, 0.1) is 5.69 Å². The minimum atomic E-state index is 0.173. The zero-order valence-corrected chi connectivity index (χ0v) is 13.1. The van der Waals surface area contributed by atoms with E-state index in [2.05, 4.69) is 43.8 Å². The number of benzene rings is 1. The monoisotopic (exact) mass is 277 g/mol. The Morgan fingerprint density at radius 3 is 2.45 bits per heavy atom. The maximum Gasteiger partial charge on any atom is 0.172 e. The molecule has 1 rings (SSSR count). The SMILES string of the molecule is CCC(CC)CN(CC)c1c(C)cccc1/C(N)=N/O. The molecule has 0 saturated carbocycles. The number of para-hydroxylation sites is 1. The lowest BCUT2D eigenvalue weighted by Gasteiger charge is -2.30. The summed E-state index contributed by atoms with van der Waals surface area (Å²) in [5, 5.41) is 12.1. The molecule has 20 heavy (non-hydrogen) atoms. The zero-order valence-electron chi connectivity index (χ0n) is 13.1. The molecule has 4 heteroatoms. The van der Waals surface area contributed by atoms with Gasteiger partial charge in [-0.05, 0) is 31.4 Å². The Labute approximate surface area is 122 Å². The molecule has 0 atom stereocenters. The molecule has 0 fully saturated rings. The number of rotatable bonds is 7. The summed E-state index contributed by atoms with van der Waals surface area (Å²) in [6, 6.07) is 5.92. The fraction of sp³-hybridized carbons (Fsp3) is 0.562. The smallest absolute Gasteiger partial charge is 0.172 e. The van der Waals surface area contributed by atoms with Gasteiger partial charge < -0.3 is 15.8 Å². The molecule has 0 unspecified atom stereocenters. The number of anilines is 1. The van der Waals surface area contributed by atoms with Crippen LogP contribution in [0.3, 0.4) is 0 Å². The minimum absolute atomic E-state index is 0.173. The molecule has 0 aromatic heterocycles. The fourth-order valence-corrected chi connectivity index (χ4v) is 2.58. The third kappa shape index (κ3) is 3.65. The quantitative estimate of drug-likeness (QED) is 0.348. The Morgan fingerprint density at radius 2 is 1.95 bits per heavy atom. The van der Waals surface area contributed by atoms with Gasteiger partial charge in [0.2, 0.25) is 0 Å². The number of amidine groups is 1. The lowest BCUT2D eigenvalue weighted by Crippen LogP contribution is -2.32. The summed E-state index contributed by atoms with van der Waals surface area (Å²) in [6.07, 6.45) is 2.33. The first-order chi connectivity index (χ1) is 9.58. The number of hydrogen-bond acceptors (Lipinski definition) is 3. The fourth-order valence-electron chi connectivity index (χ4n) is 2.58. The van der Waals surface area contributed by atoms with Gasteiger partial charge in [-0.15, -0.1) is 0 Å². The predicted molar refractivity (Wildman–Crippen MR) is 85.6 cm³/mol. The first kappa shape index (κ1) is 16.3. The van der Waals surface area contributed by atoms with Gasteiger partial charge in [0, 0.05) is 18.7 Å². The molecule has 0 spiro atoms. The highest BCUT2D eigenvalue weighted by Gasteiger charge is 2.17. The van der Waals surface area contributed by atoms with Gasteiger partial charge in [0.15, 0.2) is 5.84 Å². The summed E-state index contributed by atoms with van der Waals surface area (Å²) in [6.45, 7) is 10.6. The van der Waals surface area contributed by atoms with Crippen LogP contribution in [0.25, 0.3) is 0 Å². The van der Waals surface area contributed by atoms with Crippen LogP contribution in [0.2, 0.25) is 0 Å². The van der Waals surface area contributed by atoms with Gasteiger partial charge in [-0.2, -0.15) is 0 Å². The molecule has 112 valence electrons. The summed E-state index contributed by atoms with van der Waals surface area (Å²) in [5.74, 6) is 0.835. The Kier molecular flexibility index (Phi) is 6.36. The minimum Gasteiger partial charge on any atom is -0.409 e. The van der Waals surface area contributed by atoms with Crippen LogP contribution >= 0.6 is 0 Å². The van der Waals surface area contributed by atoms with Crippen LogP contribution in [-0.4, -0.2) is 24.1 Å². The number of nitrogens with two attached hydrogens (primary N) is 1. The van der Waals surface area contributed by atoms with Crippen LogP contribution in [0.5, 0.6) is 0 Å². The van der Waals surface area contributed by atoms with Crippen molar-refractivity contribution in [1.29, 1.82) is 0 Å². The van der Waals surface area contributed by atoms with Crippen molar-refractivity contribution in [3.05, 3.63) is 29.3 Å². The average Bonchev–Trinajstić information content (AvgIpc) is 2.48. The molecule has 0 heterocycles. The second kappa shape index (κ2) is 7.78. The molecule has 0 radical (unpaired) electrons. The maximum atomic E-state index is 8.98. The Hall–Kier alpha value is -1.71. The Bertz CT molecular complexity index is 453. The summed E-state index contributed by atoms with van der Waals surface area (Å²) in [4.78, 5) is 2.33. The lowest BCUT2D eigenvalue weighted by molar-refractivity contribution is 0.318. The Morgan fingerprint density at radius 1 is 1.30 bits per heavy atom. The van der Waals surface area contributed by atoms with Gasteiger partial charge in [-0.25, -0.2) is 0 Å². The normalized spacial score (nSPS) is 11.9. The average molecular weight is 277 g/mol. The molecule has 0 saturated heterocycles. The third-order valence-electron chi connectivity index (χ3n) is 3.95. The van der Waals surface area contributed by atoms with Crippen molar-refractivity contribution in [3.63, 3.8) is 0 Å². The molecule has 0 aliphatic carbocycles. The predicted octanol–water partition coefficient (Wildman–Crippen LogP) is 3.35. The summed E-state index contributed by atoms with van der Waals surface area (Å²) >= 11 is 0. The molecule has 0 aliphatic heterocycles. The second-order valence-corrected chi connectivity index (χ2v) is 5.18. The van der Waals surface area contributed by atoms with Crippen molar-refractivity contribution in [2.75, 3.05) is 18.0 Å². The molecule has 3 N–H and O–H groups in total. The van der Waals surface area contributed by atoms with E-state index in [1.807, 2.05) is 12.1 Å². The highest BCUT2D eigenvalue weighted by Crippen LogP contribution is 2.27. The number of aryl methyl sites for hydroxylation is 1. The van der Waals surface area contributed by atoms with E-state index in [1.165, 1.54) is 0 Å². The first-order valence-electron chi connectivity index (χ1n) is 7.41. The van der Waals surface area contributed by atoms with E-state index in [9.17, 15) is 0 Å². The van der Waals surface area contributed by atoms with E-state index >= 15 is 0 Å². The molecular formula is C16H27N3O. The van der Waals surface area contributed by atoms with Crippen LogP contribution in [0, 0.1) is 12.8 Å². The van der Waals surface area contributed by atoms with E-state index in [1.54, 1.807) is 0 Å². The Balaban J connectivity index is 3.20. The van der Waals surface area contributed by atoms with E-state index in [-0.39, 0.29) is 5.84 Å². The van der Waals surface area contributed by atoms with Crippen LogP contribution in [-0.2, 0) is 0 Å². The lowest BCUT2D eigenvalue weighted by atomic mass is 10.00. The highest BCUT2D eigenvalue weighted by atomic mass is 16.4. The van der Waals surface area contributed by atoms with Gasteiger partial charge in [-0.1, -0.05) is 44.0 Å². The second-order valence-electron chi connectivity index (χ2n) is 5.18. The van der Waals surface area contributed by atoms with Crippen molar-refractivity contribution < 1.29 is 5.21 Å².